The first-order valence-corrected chi connectivity index (χ1v) is 4.01. The fourth-order valence-electron chi connectivity index (χ4n) is 0.942. The first kappa shape index (κ1) is 10.9. The highest BCUT2D eigenvalue weighted by molar-refractivity contribution is 6.08. The number of carbonyl (C=O) groups is 2. The Balaban J connectivity index is 3.02. The highest BCUT2D eigenvalue weighted by Crippen LogP contribution is 2.08. The molecule has 15 heavy (non-hydrogen) atoms. The Morgan fingerprint density at radius 1 is 1.33 bits per heavy atom. The van der Waals surface area contributed by atoms with E-state index in [1.807, 2.05) is 0 Å². The van der Waals surface area contributed by atoms with Crippen LogP contribution in [0.1, 0.15) is 10.4 Å². The molecular formula is C10H8FNO3. The molecule has 0 aliphatic rings. The van der Waals surface area contributed by atoms with Crippen molar-refractivity contribution in [2.45, 2.75) is 0 Å². The van der Waals surface area contributed by atoms with Gasteiger partial charge in [0.15, 0.2) is 5.78 Å². The fraction of sp³-hybridized carbons (Fsp3) is 0. The summed E-state index contributed by atoms with van der Waals surface area (Å²) in [7, 11) is 0. The molecule has 1 rings (SSSR count). The van der Waals surface area contributed by atoms with Gasteiger partial charge in [0.2, 0.25) is 0 Å². The van der Waals surface area contributed by atoms with Crippen molar-refractivity contribution in [2.24, 2.45) is 5.73 Å². The molecule has 0 fully saturated rings. The fourth-order valence-corrected chi connectivity index (χ4v) is 0.942. The normalized spacial score (nSPS) is 11.1. The van der Waals surface area contributed by atoms with Crippen molar-refractivity contribution in [3.8, 4) is 0 Å². The van der Waals surface area contributed by atoms with Crippen molar-refractivity contribution in [2.75, 3.05) is 0 Å². The topological polar surface area (TPSA) is 80.4 Å². The molecule has 78 valence electrons. The number of aliphatic carboxylic acids is 1. The number of hydrogen-bond acceptors (Lipinski definition) is 3. The first-order valence-electron chi connectivity index (χ1n) is 4.01. The molecule has 0 unspecified atom stereocenters. The summed E-state index contributed by atoms with van der Waals surface area (Å²) in [6.45, 7) is 0. The Kier molecular flexibility index (Phi) is 3.17. The molecule has 0 spiro atoms. The maximum Gasteiger partial charge on any atom is 0.351 e. The van der Waals surface area contributed by atoms with Crippen LogP contribution >= 0.6 is 0 Å². The van der Waals surface area contributed by atoms with Crippen LogP contribution in [0.25, 0.3) is 0 Å². The third kappa shape index (κ3) is 2.63. The maximum atomic E-state index is 13.1. The summed E-state index contributed by atoms with van der Waals surface area (Å²) in [5, 5.41) is 8.41. The Hall–Kier alpha value is -2.17. The van der Waals surface area contributed by atoms with E-state index in [0.29, 0.717) is 6.08 Å². The Morgan fingerprint density at radius 2 is 1.93 bits per heavy atom. The summed E-state index contributed by atoms with van der Waals surface area (Å²) in [5.74, 6) is -2.90. The first-order chi connectivity index (χ1) is 7.02. The van der Waals surface area contributed by atoms with Gasteiger partial charge in [0.05, 0.1) is 5.56 Å². The average molecular weight is 209 g/mol. The molecule has 3 N–H and O–H groups in total. The molecule has 4 nitrogen and oxygen atoms in total. The molecule has 5 heteroatoms. The van der Waals surface area contributed by atoms with Gasteiger partial charge < -0.3 is 10.8 Å². The number of halogens is 1. The van der Waals surface area contributed by atoms with Gasteiger partial charge in [-0.15, -0.1) is 0 Å². The average Bonchev–Trinajstić information content (AvgIpc) is 2.18. The second kappa shape index (κ2) is 4.36. The van der Waals surface area contributed by atoms with E-state index in [1.54, 1.807) is 0 Å². The number of ketones is 1. The number of rotatable bonds is 3. The van der Waals surface area contributed by atoms with Crippen LogP contribution in [0, 0.1) is 5.82 Å². The van der Waals surface area contributed by atoms with E-state index in [-0.39, 0.29) is 5.56 Å². The molecule has 0 aromatic heterocycles. The lowest BCUT2D eigenvalue weighted by molar-refractivity contribution is -0.132. The minimum Gasteiger partial charge on any atom is -0.477 e. The standard InChI is InChI=1S/C10H8FNO3/c11-7-4-2-1-3-6(7)9(13)5-8(12)10(14)15/h1-5H,12H2,(H,14,15)/b8-5-. The van der Waals surface area contributed by atoms with Gasteiger partial charge in [-0.3, -0.25) is 4.79 Å². The van der Waals surface area contributed by atoms with Crippen LogP contribution in [0.2, 0.25) is 0 Å². The SMILES string of the molecule is N/C(=C\C(=O)c1ccccc1F)C(=O)O. The number of carboxylic acids is 1. The highest BCUT2D eigenvalue weighted by Gasteiger charge is 2.10. The number of hydrogen-bond donors (Lipinski definition) is 2. The van der Waals surface area contributed by atoms with E-state index < -0.39 is 23.3 Å². The van der Waals surface area contributed by atoms with Crippen molar-refractivity contribution in [1.29, 1.82) is 0 Å². The monoisotopic (exact) mass is 209 g/mol. The van der Waals surface area contributed by atoms with Gasteiger partial charge in [-0.1, -0.05) is 12.1 Å². The predicted molar refractivity (Wildman–Crippen MR) is 50.6 cm³/mol. The maximum absolute atomic E-state index is 13.1. The van der Waals surface area contributed by atoms with Gasteiger partial charge in [0.25, 0.3) is 0 Å². The van der Waals surface area contributed by atoms with E-state index in [2.05, 4.69) is 0 Å². The summed E-state index contributed by atoms with van der Waals surface area (Å²) in [6, 6.07) is 5.26. The van der Waals surface area contributed by atoms with Crippen LogP contribution in [-0.2, 0) is 4.79 Å². The summed E-state index contributed by atoms with van der Waals surface area (Å²) < 4.78 is 13.1. The number of carboxylic acid groups (broad SMARTS) is 1. The second-order valence-corrected chi connectivity index (χ2v) is 2.75. The Labute approximate surface area is 84.8 Å². The van der Waals surface area contributed by atoms with Crippen molar-refractivity contribution in [1.82, 2.24) is 0 Å². The Bertz CT molecular complexity index is 440. The van der Waals surface area contributed by atoms with Gasteiger partial charge in [0, 0.05) is 6.08 Å². The zero-order valence-corrected chi connectivity index (χ0v) is 7.61. The summed E-state index contributed by atoms with van der Waals surface area (Å²) in [4.78, 5) is 21.6. The van der Waals surface area contributed by atoms with Crippen molar-refractivity contribution < 1.29 is 19.1 Å². The molecule has 0 saturated heterocycles. The quantitative estimate of drug-likeness (QED) is 0.573. The van der Waals surface area contributed by atoms with Gasteiger partial charge in [-0.25, -0.2) is 9.18 Å². The summed E-state index contributed by atoms with van der Waals surface area (Å²) in [6.07, 6.45) is 0.681. The van der Waals surface area contributed by atoms with Crippen LogP contribution in [-0.4, -0.2) is 16.9 Å². The molecule has 0 bridgehead atoms. The second-order valence-electron chi connectivity index (χ2n) is 2.75. The molecule has 0 aliphatic heterocycles. The number of allylic oxidation sites excluding steroid dienone is 1. The Morgan fingerprint density at radius 3 is 2.47 bits per heavy atom. The molecule has 1 aromatic carbocycles. The number of carbonyl (C=O) groups excluding carboxylic acids is 1. The molecule has 0 saturated carbocycles. The minimum absolute atomic E-state index is 0.207. The van der Waals surface area contributed by atoms with E-state index >= 15 is 0 Å². The van der Waals surface area contributed by atoms with Crippen LogP contribution in [0.5, 0.6) is 0 Å². The van der Waals surface area contributed by atoms with Crippen molar-refractivity contribution in [3.05, 3.63) is 47.4 Å². The molecule has 0 atom stereocenters. The highest BCUT2D eigenvalue weighted by atomic mass is 19.1. The molecule has 0 heterocycles. The number of benzene rings is 1. The van der Waals surface area contributed by atoms with E-state index in [9.17, 15) is 14.0 Å². The molecule has 0 aliphatic carbocycles. The van der Waals surface area contributed by atoms with Crippen LogP contribution in [0.4, 0.5) is 4.39 Å². The minimum atomic E-state index is -1.42. The van der Waals surface area contributed by atoms with E-state index in [4.69, 9.17) is 10.8 Å². The van der Waals surface area contributed by atoms with E-state index in [0.717, 1.165) is 6.07 Å². The largest absolute Gasteiger partial charge is 0.477 e. The lowest BCUT2D eigenvalue weighted by Gasteiger charge is -1.98. The zero-order chi connectivity index (χ0) is 11.4. The molecule has 1 aromatic rings. The van der Waals surface area contributed by atoms with Crippen LogP contribution in [0.3, 0.4) is 0 Å². The number of nitrogens with two attached hydrogens (primary N) is 1. The summed E-state index contributed by atoms with van der Waals surface area (Å²) >= 11 is 0. The van der Waals surface area contributed by atoms with Gasteiger partial charge in [-0.2, -0.15) is 0 Å². The predicted octanol–water partition coefficient (Wildman–Crippen LogP) is 0.936. The molecule has 0 amide bonds. The third-order valence-electron chi connectivity index (χ3n) is 1.67. The van der Waals surface area contributed by atoms with Crippen LogP contribution < -0.4 is 5.73 Å². The zero-order valence-electron chi connectivity index (χ0n) is 7.61. The smallest absolute Gasteiger partial charge is 0.351 e. The molecule has 0 radical (unpaired) electrons. The lowest BCUT2D eigenvalue weighted by Crippen LogP contribution is -2.12. The van der Waals surface area contributed by atoms with Crippen molar-refractivity contribution >= 4 is 11.8 Å². The van der Waals surface area contributed by atoms with Gasteiger partial charge in [0.1, 0.15) is 11.5 Å². The van der Waals surface area contributed by atoms with Gasteiger partial charge in [-0.05, 0) is 12.1 Å². The molecular weight excluding hydrogens is 201 g/mol. The van der Waals surface area contributed by atoms with Gasteiger partial charge >= 0.3 is 5.97 Å². The lowest BCUT2D eigenvalue weighted by atomic mass is 10.1. The summed E-state index contributed by atoms with van der Waals surface area (Å²) in [5.41, 5.74) is 4.19. The van der Waals surface area contributed by atoms with Crippen LogP contribution in [0.15, 0.2) is 36.0 Å². The van der Waals surface area contributed by atoms with E-state index in [1.165, 1.54) is 18.2 Å². The third-order valence-corrected chi connectivity index (χ3v) is 1.67. The van der Waals surface area contributed by atoms with Crippen molar-refractivity contribution in [3.63, 3.8) is 0 Å².